The molecule has 1 aromatic heterocycles. The predicted molar refractivity (Wildman–Crippen MR) is 74.5 cm³/mol. The first-order valence-corrected chi connectivity index (χ1v) is 6.04. The molecule has 94 valence electrons. The molecule has 18 heavy (non-hydrogen) atoms. The molecule has 0 aliphatic carbocycles. The second-order valence-corrected chi connectivity index (χ2v) is 4.71. The Bertz CT molecular complexity index is 591. The number of hydrogen-bond acceptors (Lipinski definition) is 3. The van der Waals surface area contributed by atoms with Gasteiger partial charge in [-0.1, -0.05) is 30.4 Å². The third-order valence-electron chi connectivity index (χ3n) is 2.61. The van der Waals surface area contributed by atoms with Gasteiger partial charge in [0.05, 0.1) is 10.6 Å². The van der Waals surface area contributed by atoms with Crippen molar-refractivity contribution in [3.05, 3.63) is 36.1 Å². The lowest BCUT2D eigenvalue weighted by atomic mass is 10.1. The summed E-state index contributed by atoms with van der Waals surface area (Å²) in [6, 6.07) is 7.32. The molecule has 5 heteroatoms. The van der Waals surface area contributed by atoms with Crippen LogP contribution >= 0.6 is 12.2 Å². The minimum Gasteiger partial charge on any atom is -0.463 e. The summed E-state index contributed by atoms with van der Waals surface area (Å²) >= 11 is 4.81. The lowest BCUT2D eigenvalue weighted by Gasteiger charge is -2.12. The monoisotopic (exact) mass is 262 g/mol. The molecule has 0 saturated carbocycles. The number of carbonyl (C=O) groups excluding carboxylic acids is 1. The quantitative estimate of drug-likeness (QED) is 0.829. The van der Waals surface area contributed by atoms with Crippen LogP contribution in [0.25, 0.3) is 11.0 Å². The van der Waals surface area contributed by atoms with Gasteiger partial charge in [-0.2, -0.15) is 0 Å². The summed E-state index contributed by atoms with van der Waals surface area (Å²) in [5, 5.41) is 3.64. The van der Waals surface area contributed by atoms with E-state index in [-0.39, 0.29) is 11.9 Å². The number of amides is 1. The number of hydrogen-bond donors (Lipinski definition) is 2. The summed E-state index contributed by atoms with van der Waals surface area (Å²) in [7, 11) is 0. The molecule has 2 rings (SSSR count). The maximum Gasteiger partial charge on any atom is 0.255 e. The molecule has 0 spiro atoms. The highest BCUT2D eigenvalue weighted by atomic mass is 32.1. The van der Waals surface area contributed by atoms with Crippen molar-refractivity contribution in [2.75, 3.05) is 0 Å². The van der Waals surface area contributed by atoms with Crippen molar-refractivity contribution >= 4 is 34.1 Å². The number of furan rings is 1. The van der Waals surface area contributed by atoms with Gasteiger partial charge in [-0.05, 0) is 13.0 Å². The first kappa shape index (κ1) is 12.6. The highest BCUT2D eigenvalue weighted by Crippen LogP contribution is 2.20. The van der Waals surface area contributed by atoms with Crippen LogP contribution in [0.1, 0.15) is 23.7 Å². The first-order chi connectivity index (χ1) is 8.58. The first-order valence-electron chi connectivity index (χ1n) is 5.63. The Kier molecular flexibility index (Phi) is 3.62. The van der Waals surface area contributed by atoms with Gasteiger partial charge in [0.15, 0.2) is 0 Å². The molecule has 0 radical (unpaired) electrons. The van der Waals surface area contributed by atoms with E-state index in [1.54, 1.807) is 0 Å². The summed E-state index contributed by atoms with van der Waals surface area (Å²) in [5.74, 6) is -0.177. The van der Waals surface area contributed by atoms with Gasteiger partial charge in [0.25, 0.3) is 5.91 Å². The Labute approximate surface area is 110 Å². The Hall–Kier alpha value is -1.88. The summed E-state index contributed by atoms with van der Waals surface area (Å²) in [5.41, 5.74) is 6.67. The van der Waals surface area contributed by atoms with E-state index in [1.165, 1.54) is 6.26 Å². The van der Waals surface area contributed by atoms with Gasteiger partial charge in [0, 0.05) is 17.8 Å². The van der Waals surface area contributed by atoms with E-state index in [9.17, 15) is 4.79 Å². The topological polar surface area (TPSA) is 68.3 Å². The minimum absolute atomic E-state index is 0.0938. The Balaban J connectivity index is 2.16. The molecule has 1 atom stereocenters. The number of nitrogens with two attached hydrogens (primary N) is 1. The summed E-state index contributed by atoms with van der Waals surface area (Å²) < 4.78 is 5.32. The van der Waals surface area contributed by atoms with E-state index >= 15 is 0 Å². The van der Waals surface area contributed by atoms with Crippen LogP contribution in [0.3, 0.4) is 0 Å². The molecule has 0 fully saturated rings. The maximum absolute atomic E-state index is 12.1. The van der Waals surface area contributed by atoms with Gasteiger partial charge >= 0.3 is 0 Å². The average Bonchev–Trinajstić information content (AvgIpc) is 2.71. The molecular weight excluding hydrogens is 248 g/mol. The molecule has 0 bridgehead atoms. The molecule has 1 amide bonds. The summed E-state index contributed by atoms with van der Waals surface area (Å²) in [4.78, 5) is 12.4. The molecule has 2 aromatic rings. The van der Waals surface area contributed by atoms with Crippen LogP contribution in [0, 0.1) is 0 Å². The Morgan fingerprint density at radius 2 is 2.22 bits per heavy atom. The Morgan fingerprint density at radius 3 is 2.94 bits per heavy atom. The van der Waals surface area contributed by atoms with Crippen molar-refractivity contribution in [2.45, 2.75) is 19.4 Å². The van der Waals surface area contributed by atoms with Gasteiger partial charge in [0.2, 0.25) is 0 Å². The van der Waals surface area contributed by atoms with Crippen molar-refractivity contribution in [2.24, 2.45) is 5.73 Å². The zero-order chi connectivity index (χ0) is 13.1. The van der Waals surface area contributed by atoms with Crippen LogP contribution in [-0.4, -0.2) is 16.9 Å². The van der Waals surface area contributed by atoms with Crippen molar-refractivity contribution < 1.29 is 9.21 Å². The number of fused-ring (bicyclic) bond motifs is 1. The normalized spacial score (nSPS) is 12.3. The number of carbonyl (C=O) groups is 1. The minimum atomic E-state index is -0.177. The molecule has 0 saturated heterocycles. The second-order valence-electron chi connectivity index (χ2n) is 4.19. The Morgan fingerprint density at radius 1 is 1.50 bits per heavy atom. The summed E-state index contributed by atoms with van der Waals surface area (Å²) in [6.07, 6.45) is 1.95. The molecule has 0 aliphatic heterocycles. The standard InChI is InChI=1S/C13H14N2O2S/c1-8(6-12(14)18)15-13(16)10-7-17-11-5-3-2-4-9(10)11/h2-5,7-8H,6H2,1H3,(H2,14,18)(H,15,16). The van der Waals surface area contributed by atoms with E-state index < -0.39 is 0 Å². The van der Waals surface area contributed by atoms with Crippen LogP contribution < -0.4 is 11.1 Å². The van der Waals surface area contributed by atoms with Gasteiger partial charge in [-0.15, -0.1) is 0 Å². The fourth-order valence-electron chi connectivity index (χ4n) is 1.81. The van der Waals surface area contributed by atoms with Gasteiger partial charge in [0.1, 0.15) is 11.8 Å². The molecule has 1 unspecified atom stereocenters. The number of benzene rings is 1. The molecule has 4 nitrogen and oxygen atoms in total. The van der Waals surface area contributed by atoms with Crippen molar-refractivity contribution in [3.63, 3.8) is 0 Å². The molecule has 0 aliphatic rings. The van der Waals surface area contributed by atoms with E-state index in [0.717, 1.165) is 5.39 Å². The van der Waals surface area contributed by atoms with Crippen LogP contribution in [0.2, 0.25) is 0 Å². The largest absolute Gasteiger partial charge is 0.463 e. The molecule has 1 aromatic carbocycles. The molecule has 3 N–H and O–H groups in total. The average molecular weight is 262 g/mol. The van der Waals surface area contributed by atoms with Crippen LogP contribution in [-0.2, 0) is 0 Å². The SMILES string of the molecule is CC(CC(N)=S)NC(=O)c1coc2ccccc12. The predicted octanol–water partition coefficient (Wildman–Crippen LogP) is 2.23. The van der Waals surface area contributed by atoms with Gasteiger partial charge in [-0.3, -0.25) is 4.79 Å². The van der Waals surface area contributed by atoms with E-state index in [1.807, 2.05) is 31.2 Å². The number of rotatable bonds is 4. The van der Waals surface area contributed by atoms with Crippen molar-refractivity contribution in [3.8, 4) is 0 Å². The highest BCUT2D eigenvalue weighted by molar-refractivity contribution is 7.80. The zero-order valence-electron chi connectivity index (χ0n) is 9.97. The maximum atomic E-state index is 12.1. The summed E-state index contributed by atoms with van der Waals surface area (Å²) in [6.45, 7) is 1.86. The fraction of sp³-hybridized carbons (Fsp3) is 0.231. The highest BCUT2D eigenvalue weighted by Gasteiger charge is 2.15. The third-order valence-corrected chi connectivity index (χ3v) is 2.78. The zero-order valence-corrected chi connectivity index (χ0v) is 10.8. The number of nitrogens with one attached hydrogen (secondary N) is 1. The second kappa shape index (κ2) is 5.18. The fourth-order valence-corrected chi connectivity index (χ4v) is 2.06. The van der Waals surface area contributed by atoms with Crippen LogP contribution in [0.4, 0.5) is 0 Å². The smallest absolute Gasteiger partial charge is 0.255 e. The van der Waals surface area contributed by atoms with Crippen LogP contribution in [0.15, 0.2) is 34.9 Å². The van der Waals surface area contributed by atoms with Crippen LogP contribution in [0.5, 0.6) is 0 Å². The van der Waals surface area contributed by atoms with Gasteiger partial charge < -0.3 is 15.5 Å². The number of para-hydroxylation sites is 1. The lowest BCUT2D eigenvalue weighted by molar-refractivity contribution is 0.0942. The van der Waals surface area contributed by atoms with E-state index in [0.29, 0.717) is 22.6 Å². The third kappa shape index (κ3) is 2.68. The number of thiocarbonyl (C=S) groups is 1. The molecular formula is C13H14N2O2S. The van der Waals surface area contributed by atoms with E-state index in [2.05, 4.69) is 5.32 Å². The molecule has 1 heterocycles. The van der Waals surface area contributed by atoms with Crippen molar-refractivity contribution in [1.29, 1.82) is 0 Å². The van der Waals surface area contributed by atoms with Gasteiger partial charge in [-0.25, -0.2) is 0 Å². The van der Waals surface area contributed by atoms with Crippen molar-refractivity contribution in [1.82, 2.24) is 5.32 Å². The van der Waals surface area contributed by atoms with E-state index in [4.69, 9.17) is 22.4 Å². The lowest BCUT2D eigenvalue weighted by Crippen LogP contribution is -2.35.